The zero-order valence-electron chi connectivity index (χ0n) is 15.3. The summed E-state index contributed by atoms with van der Waals surface area (Å²) in [6.45, 7) is 6.03. The van der Waals surface area contributed by atoms with Crippen molar-refractivity contribution in [2.75, 3.05) is 16.8 Å². The number of rotatable bonds is 3. The summed E-state index contributed by atoms with van der Waals surface area (Å²) in [4.78, 5) is 12.7. The lowest BCUT2D eigenvalue weighted by Gasteiger charge is -2.15. The Morgan fingerprint density at radius 1 is 1.22 bits per heavy atom. The molecule has 0 spiro atoms. The third-order valence-corrected chi connectivity index (χ3v) is 6.97. The van der Waals surface area contributed by atoms with Gasteiger partial charge in [-0.2, -0.15) is 5.10 Å². The smallest absolute Gasteiger partial charge is 0.256 e. The molecule has 0 saturated carbocycles. The Labute approximate surface area is 168 Å². The number of halogens is 2. The van der Waals surface area contributed by atoms with Gasteiger partial charge in [-0.3, -0.25) is 4.79 Å². The van der Waals surface area contributed by atoms with Crippen LogP contribution >= 0.6 is 23.2 Å². The predicted octanol–water partition coefficient (Wildman–Crippen LogP) is 4.10. The molecular formula is C18H21Cl2N3O3S. The number of nitrogens with one attached hydrogen (secondary N) is 1. The molecular weight excluding hydrogens is 409 g/mol. The maximum absolute atomic E-state index is 12.7. The van der Waals surface area contributed by atoms with Crippen molar-refractivity contribution in [1.82, 2.24) is 9.78 Å². The van der Waals surface area contributed by atoms with E-state index in [1.54, 1.807) is 22.9 Å². The van der Waals surface area contributed by atoms with Gasteiger partial charge in [-0.1, -0.05) is 44.0 Å². The zero-order valence-corrected chi connectivity index (χ0v) is 17.6. The summed E-state index contributed by atoms with van der Waals surface area (Å²) in [5.74, 6) is 0.255. The predicted molar refractivity (Wildman–Crippen MR) is 108 cm³/mol. The number of hydrogen-bond donors (Lipinski definition) is 1. The summed E-state index contributed by atoms with van der Waals surface area (Å²) in [5.41, 5.74) is 0.885. The van der Waals surface area contributed by atoms with Crippen LogP contribution in [-0.4, -0.2) is 35.6 Å². The van der Waals surface area contributed by atoms with Crippen LogP contribution in [0.4, 0.5) is 5.82 Å². The highest BCUT2D eigenvalue weighted by atomic mass is 35.5. The molecule has 1 amide bonds. The SMILES string of the molecule is CC(C)(C)c1cc(NC(=O)c2ccc(Cl)c(Cl)c2)n([C@@H]2CCS(=O)(=O)C2)n1. The van der Waals surface area contributed by atoms with Crippen molar-refractivity contribution in [3.63, 3.8) is 0 Å². The lowest BCUT2D eigenvalue weighted by Crippen LogP contribution is -2.20. The Morgan fingerprint density at radius 2 is 1.93 bits per heavy atom. The molecule has 1 aliphatic rings. The van der Waals surface area contributed by atoms with Gasteiger partial charge in [-0.15, -0.1) is 0 Å². The Balaban J connectivity index is 1.94. The van der Waals surface area contributed by atoms with Crippen LogP contribution in [0.3, 0.4) is 0 Å². The van der Waals surface area contributed by atoms with Crippen LogP contribution in [0.5, 0.6) is 0 Å². The minimum absolute atomic E-state index is 0.0217. The van der Waals surface area contributed by atoms with Gasteiger partial charge in [0.1, 0.15) is 5.82 Å². The van der Waals surface area contributed by atoms with Crippen LogP contribution in [0.1, 0.15) is 49.3 Å². The van der Waals surface area contributed by atoms with E-state index in [2.05, 4.69) is 10.4 Å². The maximum atomic E-state index is 12.7. The van der Waals surface area contributed by atoms with Gasteiger partial charge in [0, 0.05) is 17.0 Å². The number of anilines is 1. The van der Waals surface area contributed by atoms with Crippen LogP contribution in [-0.2, 0) is 15.3 Å². The quantitative estimate of drug-likeness (QED) is 0.795. The van der Waals surface area contributed by atoms with Crippen molar-refractivity contribution in [2.24, 2.45) is 0 Å². The third-order valence-electron chi connectivity index (χ3n) is 4.48. The van der Waals surface area contributed by atoms with E-state index in [-0.39, 0.29) is 33.9 Å². The standard InChI is InChI=1S/C18H21Cl2N3O3S/c1-18(2,3)15-9-16(23(22-15)12-6-7-27(25,26)10-12)21-17(24)11-4-5-13(19)14(20)8-11/h4-5,8-9,12H,6-7,10H2,1-3H3,(H,21,24)/t12-/m1/s1. The molecule has 9 heteroatoms. The summed E-state index contributed by atoms with van der Waals surface area (Å²) < 4.78 is 25.4. The molecule has 1 atom stereocenters. The number of benzene rings is 1. The first-order valence-corrected chi connectivity index (χ1v) is 11.1. The van der Waals surface area contributed by atoms with Gasteiger partial charge in [-0.25, -0.2) is 13.1 Å². The second-order valence-corrected chi connectivity index (χ2v) is 10.8. The van der Waals surface area contributed by atoms with Crippen molar-refractivity contribution in [2.45, 2.75) is 38.6 Å². The first-order chi connectivity index (χ1) is 12.5. The van der Waals surface area contributed by atoms with Crippen LogP contribution in [0.25, 0.3) is 0 Å². The summed E-state index contributed by atoms with van der Waals surface area (Å²) in [5, 5.41) is 8.09. The first kappa shape index (κ1) is 20.2. The molecule has 1 aromatic carbocycles. The fourth-order valence-electron chi connectivity index (χ4n) is 2.93. The molecule has 2 aromatic rings. The van der Waals surface area contributed by atoms with E-state index >= 15 is 0 Å². The molecule has 0 aliphatic carbocycles. The van der Waals surface area contributed by atoms with Crippen molar-refractivity contribution in [1.29, 1.82) is 0 Å². The lowest BCUT2D eigenvalue weighted by molar-refractivity contribution is 0.102. The van der Waals surface area contributed by atoms with E-state index in [0.29, 0.717) is 22.8 Å². The second-order valence-electron chi connectivity index (χ2n) is 7.75. The van der Waals surface area contributed by atoms with Crippen molar-refractivity contribution in [3.8, 4) is 0 Å². The number of nitrogens with zero attached hydrogens (tertiary/aromatic N) is 2. The average molecular weight is 430 g/mol. The molecule has 0 bridgehead atoms. The molecule has 1 saturated heterocycles. The highest BCUT2D eigenvalue weighted by molar-refractivity contribution is 7.91. The van der Waals surface area contributed by atoms with E-state index in [1.807, 2.05) is 20.8 Å². The topological polar surface area (TPSA) is 81.1 Å². The zero-order chi connectivity index (χ0) is 20.0. The van der Waals surface area contributed by atoms with Gasteiger partial charge >= 0.3 is 0 Å². The Kier molecular flexibility index (Phi) is 5.31. The molecule has 6 nitrogen and oxygen atoms in total. The van der Waals surface area contributed by atoms with Gasteiger partial charge in [0.05, 0.1) is 33.3 Å². The van der Waals surface area contributed by atoms with Gasteiger partial charge < -0.3 is 5.32 Å². The van der Waals surface area contributed by atoms with E-state index in [0.717, 1.165) is 5.69 Å². The monoisotopic (exact) mass is 429 g/mol. The molecule has 1 aliphatic heterocycles. The van der Waals surface area contributed by atoms with Crippen molar-refractivity contribution < 1.29 is 13.2 Å². The minimum Gasteiger partial charge on any atom is -0.307 e. The minimum atomic E-state index is -3.08. The van der Waals surface area contributed by atoms with Crippen LogP contribution in [0.2, 0.25) is 10.0 Å². The van der Waals surface area contributed by atoms with E-state index in [9.17, 15) is 13.2 Å². The number of carbonyl (C=O) groups excluding carboxylic acids is 1. The average Bonchev–Trinajstić information content (AvgIpc) is 3.12. The molecule has 27 heavy (non-hydrogen) atoms. The summed E-state index contributed by atoms with van der Waals surface area (Å²) in [6.07, 6.45) is 0.475. The lowest BCUT2D eigenvalue weighted by atomic mass is 9.92. The molecule has 0 radical (unpaired) electrons. The van der Waals surface area contributed by atoms with Gasteiger partial charge in [0.2, 0.25) is 0 Å². The molecule has 1 fully saturated rings. The molecule has 146 valence electrons. The van der Waals surface area contributed by atoms with Crippen LogP contribution < -0.4 is 5.32 Å². The normalized spacial score (nSPS) is 19.2. The van der Waals surface area contributed by atoms with E-state index in [1.165, 1.54) is 6.07 Å². The number of amides is 1. The summed E-state index contributed by atoms with van der Waals surface area (Å²) >= 11 is 11.9. The Bertz CT molecular complexity index is 994. The van der Waals surface area contributed by atoms with Gasteiger partial charge in [0.25, 0.3) is 5.91 Å². The summed E-state index contributed by atoms with van der Waals surface area (Å²) in [7, 11) is -3.08. The van der Waals surface area contributed by atoms with Crippen molar-refractivity contribution >= 4 is 44.8 Å². The molecule has 0 unspecified atom stereocenters. The second kappa shape index (κ2) is 7.11. The van der Waals surface area contributed by atoms with Crippen LogP contribution in [0, 0.1) is 0 Å². The molecule has 1 aromatic heterocycles. The van der Waals surface area contributed by atoms with E-state index in [4.69, 9.17) is 23.2 Å². The number of carbonyl (C=O) groups is 1. The van der Waals surface area contributed by atoms with E-state index < -0.39 is 9.84 Å². The number of hydrogen-bond acceptors (Lipinski definition) is 4. The molecule has 1 N–H and O–H groups in total. The summed E-state index contributed by atoms with van der Waals surface area (Å²) in [6, 6.07) is 6.12. The van der Waals surface area contributed by atoms with Gasteiger partial charge in [0.15, 0.2) is 9.84 Å². The number of aromatic nitrogens is 2. The Morgan fingerprint density at radius 3 is 2.48 bits per heavy atom. The third kappa shape index (κ3) is 4.47. The highest BCUT2D eigenvalue weighted by Crippen LogP contribution is 2.31. The number of sulfone groups is 1. The molecule has 2 heterocycles. The first-order valence-electron chi connectivity index (χ1n) is 8.53. The van der Waals surface area contributed by atoms with Crippen molar-refractivity contribution in [3.05, 3.63) is 45.6 Å². The largest absolute Gasteiger partial charge is 0.307 e. The fraction of sp³-hybridized carbons (Fsp3) is 0.444. The van der Waals surface area contributed by atoms with Crippen LogP contribution in [0.15, 0.2) is 24.3 Å². The fourth-order valence-corrected chi connectivity index (χ4v) is 4.92. The maximum Gasteiger partial charge on any atom is 0.256 e. The highest BCUT2D eigenvalue weighted by Gasteiger charge is 2.33. The molecule has 3 rings (SSSR count). The van der Waals surface area contributed by atoms with Gasteiger partial charge in [-0.05, 0) is 24.6 Å². The Hall–Kier alpha value is -1.57.